The van der Waals surface area contributed by atoms with Crippen molar-refractivity contribution in [3.05, 3.63) is 93.3 Å². The third-order valence-electron chi connectivity index (χ3n) is 5.32. The lowest BCUT2D eigenvalue weighted by atomic mass is 10.0. The molecule has 0 saturated carbocycles. The molecule has 4 nitrogen and oxygen atoms in total. The Labute approximate surface area is 175 Å². The van der Waals surface area contributed by atoms with Gasteiger partial charge in [0.25, 0.3) is 0 Å². The number of para-hydroxylation sites is 1. The van der Waals surface area contributed by atoms with Crippen LogP contribution in [0.5, 0.6) is 11.5 Å². The molecule has 30 heavy (non-hydrogen) atoms. The molecule has 0 bridgehead atoms. The number of ether oxygens (including phenoxy) is 2. The Morgan fingerprint density at radius 3 is 2.53 bits per heavy atom. The molecule has 1 aromatic heterocycles. The molecule has 0 saturated heterocycles. The maximum Gasteiger partial charge on any atom is 0.200 e. The number of aryl methyl sites for hydroxylation is 3. The predicted molar refractivity (Wildman–Crippen MR) is 119 cm³/mol. The van der Waals surface area contributed by atoms with Gasteiger partial charge in [-0.2, -0.15) is 0 Å². The average Bonchev–Trinajstić information content (AvgIpc) is 2.74. The number of hydrogen-bond donors (Lipinski definition) is 0. The summed E-state index contributed by atoms with van der Waals surface area (Å²) in [4.78, 5) is 13.2. The van der Waals surface area contributed by atoms with E-state index in [0.29, 0.717) is 40.4 Å². The fourth-order valence-corrected chi connectivity index (χ4v) is 3.65. The number of hydrogen-bond acceptors (Lipinski definition) is 4. The van der Waals surface area contributed by atoms with Gasteiger partial charge in [-0.25, -0.2) is 0 Å². The van der Waals surface area contributed by atoms with Crippen molar-refractivity contribution in [1.29, 1.82) is 0 Å². The minimum Gasteiger partial charge on any atom is -0.496 e. The maximum atomic E-state index is 13.2. The van der Waals surface area contributed by atoms with Gasteiger partial charge in [0.05, 0.1) is 18.1 Å². The molecule has 3 aromatic carbocycles. The maximum absolute atomic E-state index is 13.2. The molecule has 0 aliphatic carbocycles. The van der Waals surface area contributed by atoms with E-state index < -0.39 is 0 Å². The van der Waals surface area contributed by atoms with Gasteiger partial charge in [-0.1, -0.05) is 42.0 Å². The zero-order chi connectivity index (χ0) is 21.3. The van der Waals surface area contributed by atoms with Gasteiger partial charge in [-0.05, 0) is 50.1 Å². The summed E-state index contributed by atoms with van der Waals surface area (Å²) in [5, 5.41) is 0.514. The summed E-state index contributed by atoms with van der Waals surface area (Å²) in [6.45, 7) is 6.39. The van der Waals surface area contributed by atoms with Crippen LogP contribution in [-0.4, -0.2) is 7.11 Å². The van der Waals surface area contributed by atoms with Gasteiger partial charge in [-0.3, -0.25) is 4.79 Å². The van der Waals surface area contributed by atoms with Crippen LogP contribution < -0.4 is 14.9 Å². The van der Waals surface area contributed by atoms with Crippen LogP contribution in [0, 0.1) is 20.8 Å². The molecule has 0 aliphatic heterocycles. The third-order valence-corrected chi connectivity index (χ3v) is 5.32. The highest BCUT2D eigenvalue weighted by atomic mass is 16.5. The zero-order valence-electron chi connectivity index (χ0n) is 17.6. The molecule has 0 amide bonds. The molecule has 4 aromatic rings. The Bertz CT molecular complexity index is 1280. The molecule has 0 aliphatic rings. The molecular formula is C26H24O4. The molecule has 152 valence electrons. The summed E-state index contributed by atoms with van der Waals surface area (Å²) in [5.74, 6) is 1.85. The highest BCUT2D eigenvalue weighted by Crippen LogP contribution is 2.32. The molecule has 0 atom stereocenters. The number of fused-ring (bicyclic) bond motifs is 1. The number of benzene rings is 3. The Kier molecular flexibility index (Phi) is 5.32. The highest BCUT2D eigenvalue weighted by Gasteiger charge is 2.17. The van der Waals surface area contributed by atoms with Crippen LogP contribution in [0.25, 0.3) is 22.1 Å². The minimum atomic E-state index is -0.0840. The molecule has 1 heterocycles. The van der Waals surface area contributed by atoms with Gasteiger partial charge >= 0.3 is 0 Å². The van der Waals surface area contributed by atoms with Crippen molar-refractivity contribution in [2.45, 2.75) is 27.4 Å². The minimum absolute atomic E-state index is 0.0840. The lowest BCUT2D eigenvalue weighted by Crippen LogP contribution is -2.08. The largest absolute Gasteiger partial charge is 0.496 e. The molecular weight excluding hydrogens is 376 g/mol. The van der Waals surface area contributed by atoms with E-state index in [9.17, 15) is 4.79 Å². The summed E-state index contributed by atoms with van der Waals surface area (Å²) in [5.41, 5.74) is 5.19. The van der Waals surface area contributed by atoms with Gasteiger partial charge in [0, 0.05) is 11.6 Å². The van der Waals surface area contributed by atoms with Gasteiger partial charge in [0.1, 0.15) is 29.4 Å². The Hall–Kier alpha value is -3.53. The summed E-state index contributed by atoms with van der Waals surface area (Å²) in [6.07, 6.45) is 0. The highest BCUT2D eigenvalue weighted by molar-refractivity contribution is 5.85. The summed E-state index contributed by atoms with van der Waals surface area (Å²) in [6, 6.07) is 19.1. The lowest BCUT2D eigenvalue weighted by molar-refractivity contribution is 0.305. The fourth-order valence-electron chi connectivity index (χ4n) is 3.65. The smallest absolute Gasteiger partial charge is 0.200 e. The van der Waals surface area contributed by atoms with Crippen LogP contribution in [0.3, 0.4) is 0 Å². The van der Waals surface area contributed by atoms with Crippen LogP contribution in [0.4, 0.5) is 0 Å². The standard InChI is InChI=1S/C26H24O4/c1-16-9-10-17(2)19(13-16)15-29-20-11-12-22-24(14-20)30-18(3)25(26(22)27)21-7-5-6-8-23(21)28-4/h5-14H,15H2,1-4H3. The summed E-state index contributed by atoms with van der Waals surface area (Å²) < 4.78 is 17.4. The average molecular weight is 400 g/mol. The van der Waals surface area contributed by atoms with Crippen LogP contribution in [0.15, 0.2) is 69.9 Å². The quantitative estimate of drug-likeness (QED) is 0.414. The monoisotopic (exact) mass is 400 g/mol. The summed E-state index contributed by atoms with van der Waals surface area (Å²) in [7, 11) is 1.59. The van der Waals surface area contributed by atoms with E-state index in [1.807, 2.05) is 30.3 Å². The predicted octanol–water partition coefficient (Wildman–Crippen LogP) is 5.97. The van der Waals surface area contributed by atoms with Crippen molar-refractivity contribution < 1.29 is 13.9 Å². The van der Waals surface area contributed by atoms with Gasteiger partial charge in [-0.15, -0.1) is 0 Å². The van der Waals surface area contributed by atoms with E-state index in [4.69, 9.17) is 13.9 Å². The van der Waals surface area contributed by atoms with Crippen molar-refractivity contribution in [2.75, 3.05) is 7.11 Å². The molecule has 0 fully saturated rings. The van der Waals surface area contributed by atoms with Crippen LogP contribution in [0.1, 0.15) is 22.5 Å². The molecule has 0 spiro atoms. The molecule has 0 radical (unpaired) electrons. The Morgan fingerprint density at radius 1 is 0.933 bits per heavy atom. The SMILES string of the molecule is COc1ccccc1-c1c(C)oc2cc(OCc3cc(C)ccc3C)ccc2c1=O. The number of rotatable bonds is 5. The van der Waals surface area contributed by atoms with Crippen LogP contribution in [0.2, 0.25) is 0 Å². The molecule has 0 N–H and O–H groups in total. The molecule has 0 unspecified atom stereocenters. The van der Waals surface area contributed by atoms with E-state index in [1.165, 1.54) is 11.1 Å². The van der Waals surface area contributed by atoms with E-state index in [1.54, 1.807) is 26.2 Å². The second-order valence-electron chi connectivity index (χ2n) is 7.44. The first kappa shape index (κ1) is 19.8. The fraction of sp³-hybridized carbons (Fsp3) is 0.192. The zero-order valence-corrected chi connectivity index (χ0v) is 17.6. The first-order valence-corrected chi connectivity index (χ1v) is 9.87. The van der Waals surface area contributed by atoms with Crippen molar-refractivity contribution in [3.8, 4) is 22.6 Å². The van der Waals surface area contributed by atoms with Gasteiger partial charge in [0.15, 0.2) is 0 Å². The van der Waals surface area contributed by atoms with Crippen molar-refractivity contribution in [3.63, 3.8) is 0 Å². The van der Waals surface area contributed by atoms with Crippen molar-refractivity contribution in [2.24, 2.45) is 0 Å². The van der Waals surface area contributed by atoms with Gasteiger partial charge < -0.3 is 13.9 Å². The molecule has 4 rings (SSSR count). The van der Waals surface area contributed by atoms with Crippen molar-refractivity contribution >= 4 is 11.0 Å². The lowest BCUT2D eigenvalue weighted by Gasteiger charge is -2.12. The van der Waals surface area contributed by atoms with Crippen molar-refractivity contribution in [1.82, 2.24) is 0 Å². The van der Waals surface area contributed by atoms with Crippen LogP contribution in [-0.2, 0) is 6.61 Å². The molecule has 4 heteroatoms. The second-order valence-corrected chi connectivity index (χ2v) is 7.44. The van der Waals surface area contributed by atoms with E-state index in [-0.39, 0.29) is 5.43 Å². The van der Waals surface area contributed by atoms with Crippen LogP contribution >= 0.6 is 0 Å². The van der Waals surface area contributed by atoms with E-state index >= 15 is 0 Å². The first-order chi connectivity index (χ1) is 14.5. The van der Waals surface area contributed by atoms with E-state index in [0.717, 1.165) is 11.1 Å². The number of methoxy groups -OCH3 is 1. The normalized spacial score (nSPS) is 10.9. The second kappa shape index (κ2) is 8.07. The third kappa shape index (κ3) is 3.69. The van der Waals surface area contributed by atoms with Gasteiger partial charge in [0.2, 0.25) is 5.43 Å². The Balaban J connectivity index is 1.71. The van der Waals surface area contributed by atoms with E-state index in [2.05, 4.69) is 32.0 Å². The summed E-state index contributed by atoms with van der Waals surface area (Å²) >= 11 is 0. The Morgan fingerprint density at radius 2 is 1.73 bits per heavy atom. The first-order valence-electron chi connectivity index (χ1n) is 9.87. The topological polar surface area (TPSA) is 48.7 Å².